The maximum absolute atomic E-state index is 11.9. The van der Waals surface area contributed by atoms with Crippen molar-refractivity contribution in [1.29, 1.82) is 0 Å². The van der Waals surface area contributed by atoms with E-state index < -0.39 is 0 Å². The first-order valence-corrected chi connectivity index (χ1v) is 7.84. The summed E-state index contributed by atoms with van der Waals surface area (Å²) in [4.78, 5) is 17.7. The summed E-state index contributed by atoms with van der Waals surface area (Å²) in [5.41, 5.74) is 2.11. The molecule has 0 radical (unpaired) electrons. The Hall–Kier alpha value is -1.68. The van der Waals surface area contributed by atoms with Crippen LogP contribution in [0.1, 0.15) is 37.5 Å². The van der Waals surface area contributed by atoms with Crippen LogP contribution in [0.2, 0.25) is 0 Å². The largest absolute Gasteiger partial charge is 0.302 e. The van der Waals surface area contributed by atoms with Crippen LogP contribution in [-0.4, -0.2) is 10.9 Å². The fraction of sp³-hybridized carbons (Fsp3) is 0.375. The van der Waals surface area contributed by atoms with E-state index in [2.05, 4.69) is 36.3 Å². The van der Waals surface area contributed by atoms with Gasteiger partial charge in [-0.15, -0.1) is 11.3 Å². The number of nitrogens with zero attached hydrogens (tertiary/aromatic N) is 1. The lowest BCUT2D eigenvalue weighted by Crippen LogP contribution is -2.12. The number of aromatic nitrogens is 1. The Morgan fingerprint density at radius 1 is 1.30 bits per heavy atom. The van der Waals surface area contributed by atoms with Gasteiger partial charge in [0.15, 0.2) is 5.13 Å². The van der Waals surface area contributed by atoms with Gasteiger partial charge >= 0.3 is 0 Å². The van der Waals surface area contributed by atoms with Gasteiger partial charge in [0, 0.05) is 16.4 Å². The fourth-order valence-electron chi connectivity index (χ4n) is 2.13. The molecule has 1 N–H and O–H groups in total. The zero-order valence-corrected chi connectivity index (χ0v) is 12.5. The van der Waals surface area contributed by atoms with Gasteiger partial charge in [-0.25, -0.2) is 4.98 Å². The number of hydrogen-bond donors (Lipinski definition) is 1. The van der Waals surface area contributed by atoms with Crippen molar-refractivity contribution in [3.63, 3.8) is 0 Å². The maximum Gasteiger partial charge on any atom is 0.229 e. The summed E-state index contributed by atoms with van der Waals surface area (Å²) in [6.45, 7) is 4.32. The third-order valence-electron chi connectivity index (χ3n) is 3.40. The minimum absolute atomic E-state index is 0.119. The van der Waals surface area contributed by atoms with E-state index in [0.29, 0.717) is 5.92 Å². The quantitative estimate of drug-likeness (QED) is 0.911. The lowest BCUT2D eigenvalue weighted by molar-refractivity contribution is -0.117. The average molecular weight is 286 g/mol. The molecule has 0 saturated heterocycles. The van der Waals surface area contributed by atoms with Crippen LogP contribution >= 0.6 is 11.3 Å². The predicted octanol–water partition coefficient (Wildman–Crippen LogP) is 4.28. The zero-order valence-electron chi connectivity index (χ0n) is 11.7. The molecule has 0 atom stereocenters. The van der Waals surface area contributed by atoms with Crippen molar-refractivity contribution in [2.24, 2.45) is 5.92 Å². The highest BCUT2D eigenvalue weighted by Gasteiger charge is 2.30. The lowest BCUT2D eigenvalue weighted by Gasteiger charge is -2.04. The molecule has 3 rings (SSSR count). The molecule has 1 heterocycles. The topological polar surface area (TPSA) is 42.0 Å². The third-order valence-corrected chi connectivity index (χ3v) is 4.67. The minimum atomic E-state index is 0.119. The lowest BCUT2D eigenvalue weighted by atomic mass is 10.1. The summed E-state index contributed by atoms with van der Waals surface area (Å²) >= 11 is 1.59. The van der Waals surface area contributed by atoms with Crippen LogP contribution in [-0.2, 0) is 4.79 Å². The van der Waals surface area contributed by atoms with Crippen LogP contribution in [0.3, 0.4) is 0 Å². The Morgan fingerprint density at radius 3 is 2.60 bits per heavy atom. The van der Waals surface area contributed by atoms with E-state index in [-0.39, 0.29) is 11.8 Å². The van der Waals surface area contributed by atoms with Gasteiger partial charge in [-0.1, -0.05) is 44.2 Å². The minimum Gasteiger partial charge on any atom is -0.302 e. The van der Waals surface area contributed by atoms with Crippen LogP contribution in [0, 0.1) is 5.92 Å². The third kappa shape index (κ3) is 2.75. The van der Waals surface area contributed by atoms with Gasteiger partial charge in [-0.2, -0.15) is 0 Å². The number of benzene rings is 1. The summed E-state index contributed by atoms with van der Waals surface area (Å²) < 4.78 is 0. The van der Waals surface area contributed by atoms with Gasteiger partial charge in [-0.05, 0) is 18.8 Å². The van der Waals surface area contributed by atoms with Crippen LogP contribution in [0.4, 0.5) is 5.13 Å². The molecular formula is C16H18N2OS. The van der Waals surface area contributed by atoms with Crippen LogP contribution in [0.15, 0.2) is 30.3 Å². The highest BCUT2D eigenvalue weighted by molar-refractivity contribution is 7.16. The first kappa shape index (κ1) is 13.3. The molecule has 1 aromatic carbocycles. The molecule has 104 valence electrons. The predicted molar refractivity (Wildman–Crippen MR) is 83.0 cm³/mol. The number of carbonyl (C=O) groups is 1. The molecule has 0 spiro atoms. The monoisotopic (exact) mass is 286 g/mol. The van der Waals surface area contributed by atoms with Crippen molar-refractivity contribution in [3.05, 3.63) is 35.2 Å². The van der Waals surface area contributed by atoms with Crippen molar-refractivity contribution in [1.82, 2.24) is 4.98 Å². The van der Waals surface area contributed by atoms with E-state index in [1.807, 2.05) is 18.2 Å². The van der Waals surface area contributed by atoms with Crippen LogP contribution in [0.25, 0.3) is 11.3 Å². The van der Waals surface area contributed by atoms with Gasteiger partial charge in [0.05, 0.1) is 5.69 Å². The van der Waals surface area contributed by atoms with E-state index in [9.17, 15) is 4.79 Å². The van der Waals surface area contributed by atoms with Crippen molar-refractivity contribution in [2.45, 2.75) is 32.6 Å². The number of thiazole rings is 1. The number of anilines is 1. The molecule has 4 heteroatoms. The van der Waals surface area contributed by atoms with Crippen molar-refractivity contribution < 1.29 is 4.79 Å². The van der Waals surface area contributed by atoms with E-state index >= 15 is 0 Å². The Balaban J connectivity index is 1.92. The molecule has 0 aliphatic heterocycles. The number of amides is 1. The smallest absolute Gasteiger partial charge is 0.229 e. The number of rotatable bonds is 4. The highest BCUT2D eigenvalue weighted by Crippen LogP contribution is 2.37. The molecular weight excluding hydrogens is 268 g/mol. The van der Waals surface area contributed by atoms with Crippen molar-refractivity contribution >= 4 is 22.4 Å². The molecule has 1 fully saturated rings. The Bertz CT molecular complexity index is 615. The first-order valence-electron chi connectivity index (χ1n) is 7.02. The average Bonchev–Trinajstić information content (AvgIpc) is 3.21. The summed E-state index contributed by atoms with van der Waals surface area (Å²) in [6, 6.07) is 10.2. The van der Waals surface area contributed by atoms with Gasteiger partial charge in [0.1, 0.15) is 0 Å². The second-order valence-corrected chi connectivity index (χ2v) is 6.55. The molecule has 3 nitrogen and oxygen atoms in total. The summed E-state index contributed by atoms with van der Waals surface area (Å²) in [6.07, 6.45) is 2.03. The molecule has 1 aliphatic rings. The Kier molecular flexibility index (Phi) is 3.57. The Labute approximate surface area is 123 Å². The van der Waals surface area contributed by atoms with Crippen molar-refractivity contribution in [2.75, 3.05) is 5.32 Å². The summed E-state index contributed by atoms with van der Waals surface area (Å²) in [5, 5.41) is 3.68. The standard InChI is InChI=1S/C16H18N2OS/c1-10(2)14-13(11-6-4-3-5-7-11)17-16(20-14)18-15(19)12-8-9-12/h3-7,10,12H,8-9H2,1-2H3,(H,17,18,19). The van der Waals surface area contributed by atoms with Crippen molar-refractivity contribution in [3.8, 4) is 11.3 Å². The molecule has 0 bridgehead atoms. The maximum atomic E-state index is 11.9. The Morgan fingerprint density at radius 2 is 2.00 bits per heavy atom. The summed E-state index contributed by atoms with van der Waals surface area (Å²) in [5.74, 6) is 0.726. The molecule has 1 aromatic heterocycles. The first-order chi connectivity index (χ1) is 9.65. The molecule has 1 aliphatic carbocycles. The van der Waals surface area contributed by atoms with Gasteiger partial charge in [0.2, 0.25) is 5.91 Å². The zero-order chi connectivity index (χ0) is 14.1. The summed E-state index contributed by atoms with van der Waals surface area (Å²) in [7, 11) is 0. The van der Waals surface area contributed by atoms with E-state index in [1.165, 1.54) is 4.88 Å². The molecule has 0 unspecified atom stereocenters. The number of nitrogens with one attached hydrogen (secondary N) is 1. The SMILES string of the molecule is CC(C)c1sc(NC(=O)C2CC2)nc1-c1ccccc1. The second kappa shape index (κ2) is 5.37. The van der Waals surface area contributed by atoms with Gasteiger partial charge in [-0.3, -0.25) is 4.79 Å². The molecule has 2 aromatic rings. The number of hydrogen-bond acceptors (Lipinski definition) is 3. The van der Waals surface area contributed by atoms with Gasteiger partial charge in [0.25, 0.3) is 0 Å². The molecule has 1 amide bonds. The van der Waals surface area contributed by atoms with E-state index in [4.69, 9.17) is 0 Å². The van der Waals surface area contributed by atoms with E-state index in [0.717, 1.165) is 29.2 Å². The van der Waals surface area contributed by atoms with Crippen LogP contribution < -0.4 is 5.32 Å². The van der Waals surface area contributed by atoms with Gasteiger partial charge < -0.3 is 5.32 Å². The second-order valence-electron chi connectivity index (χ2n) is 5.52. The normalized spacial score (nSPS) is 14.6. The highest BCUT2D eigenvalue weighted by atomic mass is 32.1. The number of carbonyl (C=O) groups excluding carboxylic acids is 1. The molecule has 20 heavy (non-hydrogen) atoms. The van der Waals surface area contributed by atoms with E-state index in [1.54, 1.807) is 11.3 Å². The fourth-order valence-corrected chi connectivity index (χ4v) is 3.13. The van der Waals surface area contributed by atoms with Crippen LogP contribution in [0.5, 0.6) is 0 Å². The molecule has 1 saturated carbocycles.